The molecule has 0 heterocycles. The molecule has 2 saturated carbocycles. The van der Waals surface area contributed by atoms with E-state index in [1.54, 1.807) is 0 Å². The van der Waals surface area contributed by atoms with Gasteiger partial charge in [-0.3, -0.25) is 0 Å². The fourth-order valence-corrected chi connectivity index (χ4v) is 4.81. The maximum Gasteiger partial charge on any atom is 0.0866 e. The molecule has 19 heavy (non-hydrogen) atoms. The van der Waals surface area contributed by atoms with Crippen LogP contribution >= 0.6 is 0 Å². The Hall–Kier alpha value is -0.550. The molecule has 0 aromatic heterocycles. The molecule has 0 amide bonds. The van der Waals surface area contributed by atoms with Crippen LogP contribution in [0.5, 0.6) is 0 Å². The smallest absolute Gasteiger partial charge is 0.0866 e. The van der Waals surface area contributed by atoms with E-state index in [0.717, 1.165) is 32.1 Å². The van der Waals surface area contributed by atoms with Crippen LogP contribution in [0.4, 0.5) is 0 Å². The number of nitrogens with zero attached hydrogens (tertiary/aromatic N) is 1. The number of hydrogen-bond acceptors (Lipinski definition) is 2. The number of hydrogen-bond donors (Lipinski definition) is 1. The van der Waals surface area contributed by atoms with Crippen LogP contribution < -0.4 is 0 Å². The summed E-state index contributed by atoms with van der Waals surface area (Å²) in [6, 6.07) is 2.57. The molecule has 2 nitrogen and oxygen atoms in total. The molecule has 0 aromatic carbocycles. The predicted molar refractivity (Wildman–Crippen MR) is 77.4 cm³/mol. The van der Waals surface area contributed by atoms with Crippen molar-refractivity contribution < 1.29 is 5.11 Å². The van der Waals surface area contributed by atoms with Gasteiger partial charge in [-0.1, -0.05) is 34.1 Å². The van der Waals surface area contributed by atoms with E-state index in [4.69, 9.17) is 0 Å². The lowest BCUT2D eigenvalue weighted by atomic mass is 9.55. The largest absolute Gasteiger partial charge is 0.388 e. The minimum atomic E-state index is -0.766. The van der Waals surface area contributed by atoms with Crippen molar-refractivity contribution in [1.82, 2.24) is 0 Å². The first-order valence-electron chi connectivity index (χ1n) is 7.98. The highest BCUT2D eigenvalue weighted by Crippen LogP contribution is 2.57. The number of aliphatic hydroxyl groups is 1. The van der Waals surface area contributed by atoms with Crippen molar-refractivity contribution in [2.75, 3.05) is 0 Å². The van der Waals surface area contributed by atoms with Crippen molar-refractivity contribution >= 4 is 0 Å². The van der Waals surface area contributed by atoms with E-state index < -0.39 is 11.0 Å². The second-order valence-corrected chi connectivity index (χ2v) is 7.70. The van der Waals surface area contributed by atoms with Crippen LogP contribution in [0.25, 0.3) is 0 Å². The summed E-state index contributed by atoms with van der Waals surface area (Å²) in [6.45, 7) is 8.86. The molecule has 0 radical (unpaired) electrons. The van der Waals surface area contributed by atoms with Gasteiger partial charge in [-0.05, 0) is 55.8 Å². The molecule has 0 saturated heterocycles. The van der Waals surface area contributed by atoms with Crippen molar-refractivity contribution in [2.45, 2.75) is 71.8 Å². The SMILES string of the molecule is CC1CCC(C#N)(C2(O)CC(C)CCC2C(C)C)C1. The standard InChI is InChI=1S/C17H29NO/c1-12(2)15-6-5-13(3)10-17(15,19)16(11-18)8-7-14(4)9-16/h12-15,19H,5-10H2,1-4H3. The fourth-order valence-electron chi connectivity index (χ4n) is 4.81. The quantitative estimate of drug-likeness (QED) is 0.813. The van der Waals surface area contributed by atoms with E-state index in [2.05, 4.69) is 33.8 Å². The molecular formula is C17H29NO. The van der Waals surface area contributed by atoms with Gasteiger partial charge in [0.1, 0.15) is 0 Å². The van der Waals surface area contributed by atoms with E-state index in [9.17, 15) is 10.4 Å². The van der Waals surface area contributed by atoms with Crippen LogP contribution in [-0.4, -0.2) is 10.7 Å². The molecule has 0 aliphatic heterocycles. The van der Waals surface area contributed by atoms with Crippen molar-refractivity contribution in [2.24, 2.45) is 29.1 Å². The van der Waals surface area contributed by atoms with Crippen LogP contribution in [0.2, 0.25) is 0 Å². The zero-order valence-corrected chi connectivity index (χ0v) is 12.9. The maximum absolute atomic E-state index is 11.5. The first kappa shape index (κ1) is 14.9. The molecule has 2 rings (SSSR count). The van der Waals surface area contributed by atoms with Crippen LogP contribution in [0.15, 0.2) is 0 Å². The average Bonchev–Trinajstić information content (AvgIpc) is 2.72. The lowest BCUT2D eigenvalue weighted by molar-refractivity contribution is -0.147. The molecule has 5 atom stereocenters. The van der Waals surface area contributed by atoms with Crippen molar-refractivity contribution in [3.63, 3.8) is 0 Å². The Morgan fingerprint density at radius 1 is 1.11 bits per heavy atom. The van der Waals surface area contributed by atoms with Gasteiger partial charge in [0.15, 0.2) is 0 Å². The molecule has 108 valence electrons. The first-order valence-corrected chi connectivity index (χ1v) is 7.98. The van der Waals surface area contributed by atoms with Crippen LogP contribution in [-0.2, 0) is 0 Å². The summed E-state index contributed by atoms with van der Waals surface area (Å²) in [7, 11) is 0. The first-order chi connectivity index (χ1) is 8.84. The summed E-state index contributed by atoms with van der Waals surface area (Å²) in [5.74, 6) is 1.86. The molecule has 1 N–H and O–H groups in total. The number of rotatable bonds is 2. The summed E-state index contributed by atoms with van der Waals surface area (Å²) in [4.78, 5) is 0. The highest BCUT2D eigenvalue weighted by Gasteiger charge is 2.59. The molecule has 2 heteroatoms. The topological polar surface area (TPSA) is 44.0 Å². The fraction of sp³-hybridized carbons (Fsp3) is 0.941. The molecule has 0 spiro atoms. The van der Waals surface area contributed by atoms with Gasteiger partial charge in [-0.25, -0.2) is 0 Å². The molecule has 2 fully saturated rings. The zero-order valence-electron chi connectivity index (χ0n) is 12.9. The lowest BCUT2D eigenvalue weighted by Gasteiger charge is -2.52. The Balaban J connectivity index is 2.38. The average molecular weight is 263 g/mol. The van der Waals surface area contributed by atoms with Gasteiger partial charge in [0.2, 0.25) is 0 Å². The maximum atomic E-state index is 11.5. The minimum absolute atomic E-state index is 0.286. The Morgan fingerprint density at radius 2 is 1.74 bits per heavy atom. The lowest BCUT2D eigenvalue weighted by Crippen LogP contribution is -2.56. The molecular weight excluding hydrogens is 234 g/mol. The van der Waals surface area contributed by atoms with Crippen molar-refractivity contribution in [3.05, 3.63) is 0 Å². The third-order valence-corrected chi connectivity index (χ3v) is 5.85. The highest BCUT2D eigenvalue weighted by molar-refractivity contribution is 5.18. The van der Waals surface area contributed by atoms with Gasteiger partial charge in [0.05, 0.1) is 17.1 Å². The molecule has 2 aliphatic carbocycles. The van der Waals surface area contributed by atoms with Gasteiger partial charge >= 0.3 is 0 Å². The Labute approximate surface area is 118 Å². The summed E-state index contributed by atoms with van der Waals surface area (Å²) in [5.41, 5.74) is -1.26. The number of nitriles is 1. The minimum Gasteiger partial charge on any atom is -0.388 e. The van der Waals surface area contributed by atoms with Gasteiger partial charge < -0.3 is 5.11 Å². The van der Waals surface area contributed by atoms with E-state index in [1.165, 1.54) is 6.42 Å². The highest BCUT2D eigenvalue weighted by atomic mass is 16.3. The molecule has 0 aromatic rings. The van der Waals surface area contributed by atoms with E-state index in [-0.39, 0.29) is 5.92 Å². The zero-order chi connectivity index (χ0) is 14.3. The summed E-state index contributed by atoms with van der Waals surface area (Å²) >= 11 is 0. The van der Waals surface area contributed by atoms with Gasteiger partial charge in [-0.15, -0.1) is 0 Å². The Kier molecular flexibility index (Phi) is 3.98. The molecule has 2 aliphatic rings. The molecule has 5 unspecified atom stereocenters. The van der Waals surface area contributed by atoms with Crippen LogP contribution in [0.3, 0.4) is 0 Å². The van der Waals surface area contributed by atoms with Gasteiger partial charge in [0, 0.05) is 0 Å². The second kappa shape index (κ2) is 5.09. The second-order valence-electron chi connectivity index (χ2n) is 7.70. The predicted octanol–water partition coefficient (Wildman–Crippen LogP) is 4.14. The third-order valence-electron chi connectivity index (χ3n) is 5.85. The van der Waals surface area contributed by atoms with Crippen molar-refractivity contribution in [3.8, 4) is 6.07 Å². The van der Waals surface area contributed by atoms with Gasteiger partial charge in [0.25, 0.3) is 0 Å². The molecule has 0 bridgehead atoms. The Morgan fingerprint density at radius 3 is 2.21 bits per heavy atom. The van der Waals surface area contributed by atoms with Crippen LogP contribution in [0.1, 0.15) is 66.2 Å². The van der Waals surface area contributed by atoms with Gasteiger partial charge in [-0.2, -0.15) is 5.26 Å². The third kappa shape index (κ3) is 2.31. The summed E-state index contributed by atoms with van der Waals surface area (Å²) in [6.07, 6.45) is 5.95. The monoisotopic (exact) mass is 263 g/mol. The summed E-state index contributed by atoms with van der Waals surface area (Å²) < 4.78 is 0. The summed E-state index contributed by atoms with van der Waals surface area (Å²) in [5, 5.41) is 21.3. The van der Waals surface area contributed by atoms with E-state index in [0.29, 0.717) is 17.8 Å². The Bertz CT molecular complexity index is 372. The van der Waals surface area contributed by atoms with Crippen LogP contribution in [0, 0.1) is 40.4 Å². The van der Waals surface area contributed by atoms with E-state index in [1.807, 2.05) is 0 Å². The van der Waals surface area contributed by atoms with Crippen molar-refractivity contribution in [1.29, 1.82) is 5.26 Å². The normalized spacial score (nSPS) is 47.3. The van der Waals surface area contributed by atoms with E-state index >= 15 is 0 Å².